The molecule has 1 aromatic rings. The number of nitrogens with two attached hydrogens (primary N) is 1. The molecule has 0 spiro atoms. The molecule has 0 saturated heterocycles. The Morgan fingerprint density at radius 3 is 2.28 bits per heavy atom. The van der Waals surface area contributed by atoms with Crippen molar-refractivity contribution in [1.29, 1.82) is 0 Å². The molecular formula is C16H24N2. The van der Waals surface area contributed by atoms with E-state index in [0.717, 1.165) is 25.6 Å². The van der Waals surface area contributed by atoms with Gasteiger partial charge in [0.15, 0.2) is 0 Å². The lowest BCUT2D eigenvalue weighted by Crippen LogP contribution is -2.50. The first-order chi connectivity index (χ1) is 8.71. The van der Waals surface area contributed by atoms with Crippen LogP contribution in [-0.2, 0) is 13.1 Å². The minimum absolute atomic E-state index is 0.185. The van der Waals surface area contributed by atoms with Crippen molar-refractivity contribution in [2.75, 3.05) is 6.54 Å². The van der Waals surface area contributed by atoms with Gasteiger partial charge in [-0.2, -0.15) is 0 Å². The van der Waals surface area contributed by atoms with Gasteiger partial charge in [0.05, 0.1) is 0 Å². The Kier molecular flexibility index (Phi) is 3.16. The zero-order chi connectivity index (χ0) is 12.6. The van der Waals surface area contributed by atoms with E-state index < -0.39 is 0 Å². The topological polar surface area (TPSA) is 29.3 Å². The first-order valence-electron chi connectivity index (χ1n) is 7.23. The Labute approximate surface area is 110 Å². The van der Waals surface area contributed by atoms with Crippen molar-refractivity contribution in [1.82, 2.24) is 4.90 Å². The summed E-state index contributed by atoms with van der Waals surface area (Å²) in [6.45, 7) is 5.29. The minimum Gasteiger partial charge on any atom is -0.329 e. The molecule has 0 radical (unpaired) electrons. The van der Waals surface area contributed by atoms with Gasteiger partial charge in [-0.05, 0) is 30.4 Å². The molecule has 2 nitrogen and oxygen atoms in total. The van der Waals surface area contributed by atoms with Gasteiger partial charge in [-0.1, -0.05) is 43.5 Å². The van der Waals surface area contributed by atoms with Crippen LogP contribution in [-0.4, -0.2) is 17.0 Å². The zero-order valence-corrected chi connectivity index (χ0v) is 11.4. The van der Waals surface area contributed by atoms with Crippen LogP contribution >= 0.6 is 0 Å². The molecule has 98 valence electrons. The largest absolute Gasteiger partial charge is 0.329 e. The summed E-state index contributed by atoms with van der Waals surface area (Å²) < 4.78 is 0. The van der Waals surface area contributed by atoms with Gasteiger partial charge in [0.25, 0.3) is 0 Å². The number of rotatable bonds is 4. The van der Waals surface area contributed by atoms with Gasteiger partial charge in [0, 0.05) is 25.2 Å². The maximum absolute atomic E-state index is 6.11. The van der Waals surface area contributed by atoms with Gasteiger partial charge >= 0.3 is 0 Å². The Morgan fingerprint density at radius 1 is 1.22 bits per heavy atom. The fourth-order valence-electron chi connectivity index (χ4n) is 3.38. The SMILES string of the molecule is CC(CN)(CC1CCC1)N1Cc2ccccc2C1. The molecule has 1 heterocycles. The number of nitrogens with zero attached hydrogens (tertiary/aromatic N) is 1. The summed E-state index contributed by atoms with van der Waals surface area (Å²) in [7, 11) is 0. The van der Waals surface area contributed by atoms with E-state index in [1.807, 2.05) is 0 Å². The average molecular weight is 244 g/mol. The number of hydrogen-bond donors (Lipinski definition) is 1. The van der Waals surface area contributed by atoms with Crippen molar-refractivity contribution in [3.8, 4) is 0 Å². The highest BCUT2D eigenvalue weighted by Crippen LogP contribution is 2.38. The third-order valence-electron chi connectivity index (χ3n) is 5.00. The molecular weight excluding hydrogens is 220 g/mol. The van der Waals surface area contributed by atoms with Crippen LogP contribution in [0.3, 0.4) is 0 Å². The molecule has 0 amide bonds. The smallest absolute Gasteiger partial charge is 0.0313 e. The van der Waals surface area contributed by atoms with E-state index in [0.29, 0.717) is 0 Å². The summed E-state index contributed by atoms with van der Waals surface area (Å²) in [5.41, 5.74) is 9.27. The van der Waals surface area contributed by atoms with E-state index in [9.17, 15) is 0 Å². The Balaban J connectivity index is 1.73. The maximum atomic E-state index is 6.11. The van der Waals surface area contributed by atoms with Crippen LogP contribution in [0.15, 0.2) is 24.3 Å². The van der Waals surface area contributed by atoms with Crippen molar-refractivity contribution in [2.24, 2.45) is 11.7 Å². The molecule has 3 rings (SSSR count). The Hall–Kier alpha value is -0.860. The van der Waals surface area contributed by atoms with E-state index in [2.05, 4.69) is 36.1 Å². The summed E-state index contributed by atoms with van der Waals surface area (Å²) in [5, 5.41) is 0. The molecule has 18 heavy (non-hydrogen) atoms. The third-order valence-corrected chi connectivity index (χ3v) is 5.00. The molecule has 2 N–H and O–H groups in total. The van der Waals surface area contributed by atoms with Crippen molar-refractivity contribution in [2.45, 2.75) is 51.2 Å². The minimum atomic E-state index is 0.185. The van der Waals surface area contributed by atoms with Crippen LogP contribution in [0.4, 0.5) is 0 Å². The highest BCUT2D eigenvalue weighted by molar-refractivity contribution is 5.31. The first kappa shape index (κ1) is 12.2. The molecule has 2 heteroatoms. The van der Waals surface area contributed by atoms with Crippen LogP contribution in [0.2, 0.25) is 0 Å². The molecule has 1 aliphatic carbocycles. The summed E-state index contributed by atoms with van der Waals surface area (Å²) in [6.07, 6.45) is 5.52. The van der Waals surface area contributed by atoms with Gasteiger partial charge in [-0.25, -0.2) is 0 Å². The molecule has 1 saturated carbocycles. The molecule has 1 fully saturated rings. The van der Waals surface area contributed by atoms with E-state index in [-0.39, 0.29) is 5.54 Å². The summed E-state index contributed by atoms with van der Waals surface area (Å²) in [6, 6.07) is 8.81. The van der Waals surface area contributed by atoms with E-state index in [1.165, 1.54) is 36.8 Å². The van der Waals surface area contributed by atoms with Crippen molar-refractivity contribution in [3.63, 3.8) is 0 Å². The monoisotopic (exact) mass is 244 g/mol. The van der Waals surface area contributed by atoms with Crippen LogP contribution in [0.25, 0.3) is 0 Å². The van der Waals surface area contributed by atoms with E-state index in [4.69, 9.17) is 5.73 Å². The lowest BCUT2D eigenvalue weighted by molar-refractivity contribution is 0.0652. The third kappa shape index (κ3) is 2.08. The van der Waals surface area contributed by atoms with Crippen molar-refractivity contribution in [3.05, 3.63) is 35.4 Å². The van der Waals surface area contributed by atoms with Crippen molar-refractivity contribution >= 4 is 0 Å². The van der Waals surface area contributed by atoms with Gasteiger partial charge in [0.1, 0.15) is 0 Å². The predicted molar refractivity (Wildman–Crippen MR) is 75.1 cm³/mol. The van der Waals surface area contributed by atoms with Gasteiger partial charge in [0.2, 0.25) is 0 Å². The van der Waals surface area contributed by atoms with Crippen LogP contribution in [0.5, 0.6) is 0 Å². The number of hydrogen-bond acceptors (Lipinski definition) is 2. The molecule has 1 aromatic carbocycles. The fraction of sp³-hybridized carbons (Fsp3) is 0.625. The normalized spacial score (nSPS) is 23.4. The molecule has 0 aromatic heterocycles. The molecule has 0 bridgehead atoms. The quantitative estimate of drug-likeness (QED) is 0.882. The molecule has 1 unspecified atom stereocenters. The maximum Gasteiger partial charge on any atom is 0.0313 e. The fourth-order valence-corrected chi connectivity index (χ4v) is 3.38. The van der Waals surface area contributed by atoms with Crippen LogP contribution in [0, 0.1) is 5.92 Å². The second-order valence-electron chi connectivity index (χ2n) is 6.33. The average Bonchev–Trinajstić information content (AvgIpc) is 2.78. The zero-order valence-electron chi connectivity index (χ0n) is 11.4. The van der Waals surface area contributed by atoms with Gasteiger partial charge < -0.3 is 5.73 Å². The number of fused-ring (bicyclic) bond motifs is 1. The Morgan fingerprint density at radius 2 is 1.83 bits per heavy atom. The van der Waals surface area contributed by atoms with Crippen LogP contribution < -0.4 is 5.73 Å². The highest BCUT2D eigenvalue weighted by Gasteiger charge is 2.37. The summed E-state index contributed by atoms with van der Waals surface area (Å²) in [4.78, 5) is 2.59. The van der Waals surface area contributed by atoms with Gasteiger partial charge in [-0.15, -0.1) is 0 Å². The first-order valence-corrected chi connectivity index (χ1v) is 7.23. The standard InChI is InChI=1S/C16H24N2/c1-16(12-17,9-13-5-4-6-13)18-10-14-7-2-3-8-15(14)11-18/h2-3,7-8,13H,4-6,9-12,17H2,1H3. The summed E-state index contributed by atoms with van der Waals surface area (Å²) >= 11 is 0. The van der Waals surface area contributed by atoms with E-state index >= 15 is 0 Å². The summed E-state index contributed by atoms with van der Waals surface area (Å²) in [5.74, 6) is 0.919. The lowest BCUT2D eigenvalue weighted by Gasteiger charge is -2.42. The highest BCUT2D eigenvalue weighted by atomic mass is 15.2. The van der Waals surface area contributed by atoms with Crippen LogP contribution in [0.1, 0.15) is 43.7 Å². The molecule has 1 atom stereocenters. The second-order valence-corrected chi connectivity index (χ2v) is 6.33. The van der Waals surface area contributed by atoms with Gasteiger partial charge in [-0.3, -0.25) is 4.90 Å². The molecule has 2 aliphatic rings. The number of benzene rings is 1. The lowest BCUT2D eigenvalue weighted by atomic mass is 9.76. The Bertz CT molecular complexity index is 400. The molecule has 1 aliphatic heterocycles. The van der Waals surface area contributed by atoms with E-state index in [1.54, 1.807) is 0 Å². The predicted octanol–water partition coefficient (Wildman–Crippen LogP) is 2.91. The van der Waals surface area contributed by atoms with Crippen molar-refractivity contribution < 1.29 is 0 Å². The second kappa shape index (κ2) is 4.67.